The van der Waals surface area contributed by atoms with Crippen LogP contribution in [0.25, 0.3) is 0 Å². The SMILES string of the molecule is CCCC/C=C\CCCCCCCC(=O)OCC(COP(=O)(O)O)OC(=O)CCCCCCCCCCCCC/C=C\CCCCCCCCCC. The lowest BCUT2D eigenvalue weighted by Crippen LogP contribution is -2.29. The second-order valence-corrected chi connectivity index (χ2v) is 15.9. The molecule has 306 valence electrons. The molecule has 0 rings (SSSR count). The van der Waals surface area contributed by atoms with Gasteiger partial charge >= 0.3 is 19.8 Å². The third kappa shape index (κ3) is 41.3. The normalized spacial score (nSPS) is 12.6. The quantitative estimate of drug-likeness (QED) is 0.0274. The molecule has 0 radical (unpaired) electrons. The van der Waals surface area contributed by atoms with Crippen LogP contribution in [0.4, 0.5) is 0 Å². The van der Waals surface area contributed by atoms with Crippen molar-refractivity contribution >= 4 is 19.8 Å². The van der Waals surface area contributed by atoms with Crippen molar-refractivity contribution in [2.75, 3.05) is 13.2 Å². The monoisotopic (exact) mass is 757 g/mol. The highest BCUT2D eigenvalue weighted by Gasteiger charge is 2.22. The van der Waals surface area contributed by atoms with Crippen LogP contribution >= 0.6 is 7.82 Å². The van der Waals surface area contributed by atoms with Gasteiger partial charge in [-0.3, -0.25) is 14.1 Å². The smallest absolute Gasteiger partial charge is 0.462 e. The molecule has 0 bridgehead atoms. The molecule has 1 atom stereocenters. The first-order valence-electron chi connectivity index (χ1n) is 21.6. The molecule has 8 nitrogen and oxygen atoms in total. The summed E-state index contributed by atoms with van der Waals surface area (Å²) in [5.41, 5.74) is 0. The largest absolute Gasteiger partial charge is 0.469 e. The van der Waals surface area contributed by atoms with Crippen molar-refractivity contribution in [1.82, 2.24) is 0 Å². The number of hydrogen-bond donors (Lipinski definition) is 2. The third-order valence-electron chi connectivity index (χ3n) is 9.44. The fraction of sp³-hybridized carbons (Fsp3) is 0.860. The fourth-order valence-corrected chi connectivity index (χ4v) is 6.53. The molecule has 0 aliphatic heterocycles. The van der Waals surface area contributed by atoms with E-state index in [0.717, 1.165) is 57.8 Å². The van der Waals surface area contributed by atoms with E-state index in [-0.39, 0.29) is 19.4 Å². The van der Waals surface area contributed by atoms with E-state index in [1.807, 2.05) is 0 Å². The Balaban J connectivity index is 3.82. The summed E-state index contributed by atoms with van der Waals surface area (Å²) in [7, 11) is -4.75. The summed E-state index contributed by atoms with van der Waals surface area (Å²) in [6.07, 6.45) is 44.8. The topological polar surface area (TPSA) is 119 Å². The van der Waals surface area contributed by atoms with Gasteiger partial charge in [0.1, 0.15) is 6.61 Å². The van der Waals surface area contributed by atoms with E-state index < -0.39 is 32.5 Å². The lowest BCUT2D eigenvalue weighted by atomic mass is 10.0. The molecule has 0 saturated heterocycles. The Bertz CT molecular complexity index is 900. The number of hydrogen-bond acceptors (Lipinski definition) is 6. The minimum atomic E-state index is -4.75. The Labute approximate surface area is 319 Å². The Morgan fingerprint density at radius 3 is 1.23 bits per heavy atom. The van der Waals surface area contributed by atoms with Gasteiger partial charge in [0.15, 0.2) is 6.10 Å². The van der Waals surface area contributed by atoms with Crippen LogP contribution in [0.1, 0.15) is 219 Å². The van der Waals surface area contributed by atoms with E-state index in [0.29, 0.717) is 12.8 Å². The maximum absolute atomic E-state index is 12.4. The van der Waals surface area contributed by atoms with Gasteiger partial charge < -0.3 is 19.3 Å². The molecule has 1 unspecified atom stereocenters. The van der Waals surface area contributed by atoms with Gasteiger partial charge in [0.05, 0.1) is 6.61 Å². The maximum Gasteiger partial charge on any atom is 0.469 e. The first kappa shape index (κ1) is 50.5. The molecule has 0 amide bonds. The minimum absolute atomic E-state index is 0.212. The van der Waals surface area contributed by atoms with E-state index in [4.69, 9.17) is 19.3 Å². The van der Waals surface area contributed by atoms with Crippen LogP contribution in [-0.2, 0) is 28.2 Å². The molecule has 0 saturated carbocycles. The molecular weight excluding hydrogens is 675 g/mol. The second kappa shape index (κ2) is 39.2. The summed E-state index contributed by atoms with van der Waals surface area (Å²) in [4.78, 5) is 42.8. The lowest BCUT2D eigenvalue weighted by Gasteiger charge is -2.18. The van der Waals surface area contributed by atoms with Gasteiger partial charge in [0, 0.05) is 12.8 Å². The molecule has 0 heterocycles. The van der Waals surface area contributed by atoms with Crippen molar-refractivity contribution in [2.45, 2.75) is 225 Å². The molecule has 0 aliphatic carbocycles. The van der Waals surface area contributed by atoms with Crippen molar-refractivity contribution in [3.63, 3.8) is 0 Å². The van der Waals surface area contributed by atoms with Crippen molar-refractivity contribution in [1.29, 1.82) is 0 Å². The van der Waals surface area contributed by atoms with Gasteiger partial charge in [-0.25, -0.2) is 4.57 Å². The fourth-order valence-electron chi connectivity index (χ4n) is 6.17. The molecule has 0 aromatic rings. The van der Waals surface area contributed by atoms with Gasteiger partial charge in [-0.05, 0) is 57.8 Å². The average Bonchev–Trinajstić information content (AvgIpc) is 3.11. The summed E-state index contributed by atoms with van der Waals surface area (Å²) in [5.74, 6) is -0.891. The van der Waals surface area contributed by atoms with Crippen LogP contribution in [0, 0.1) is 0 Å². The highest BCUT2D eigenvalue weighted by molar-refractivity contribution is 7.46. The summed E-state index contributed by atoms with van der Waals surface area (Å²) in [6, 6.07) is 0. The van der Waals surface area contributed by atoms with Crippen LogP contribution in [-0.4, -0.2) is 41.0 Å². The van der Waals surface area contributed by atoms with Crippen LogP contribution in [0.3, 0.4) is 0 Å². The number of phosphoric acid groups is 1. The highest BCUT2D eigenvalue weighted by Crippen LogP contribution is 2.36. The van der Waals surface area contributed by atoms with Gasteiger partial charge in [-0.1, -0.05) is 173 Å². The number of ether oxygens (including phenoxy) is 2. The Morgan fingerprint density at radius 1 is 0.481 bits per heavy atom. The number of carbonyl (C=O) groups is 2. The van der Waals surface area contributed by atoms with Gasteiger partial charge in [0.25, 0.3) is 0 Å². The van der Waals surface area contributed by atoms with Gasteiger partial charge in [-0.2, -0.15) is 0 Å². The summed E-state index contributed by atoms with van der Waals surface area (Å²) < 4.78 is 26.4. The summed E-state index contributed by atoms with van der Waals surface area (Å²) >= 11 is 0. The van der Waals surface area contributed by atoms with Gasteiger partial charge in [-0.15, -0.1) is 0 Å². The van der Waals surface area contributed by atoms with Crippen LogP contribution in [0.5, 0.6) is 0 Å². The van der Waals surface area contributed by atoms with Crippen molar-refractivity contribution in [3.8, 4) is 0 Å². The number of phosphoric ester groups is 1. The summed E-state index contributed by atoms with van der Waals surface area (Å²) in [6.45, 7) is 3.65. The molecule has 0 aliphatic rings. The molecule has 2 N–H and O–H groups in total. The lowest BCUT2D eigenvalue weighted by molar-refractivity contribution is -0.161. The van der Waals surface area contributed by atoms with Gasteiger partial charge in [0.2, 0.25) is 0 Å². The molecule has 9 heteroatoms. The Kier molecular flexibility index (Phi) is 38.1. The van der Waals surface area contributed by atoms with E-state index in [1.165, 1.54) is 122 Å². The van der Waals surface area contributed by atoms with Crippen LogP contribution in [0.15, 0.2) is 24.3 Å². The van der Waals surface area contributed by atoms with E-state index in [9.17, 15) is 14.2 Å². The molecule has 0 spiro atoms. The molecular formula is C43H81O8P. The van der Waals surface area contributed by atoms with Crippen molar-refractivity contribution in [3.05, 3.63) is 24.3 Å². The Morgan fingerprint density at radius 2 is 0.827 bits per heavy atom. The number of allylic oxidation sites excluding steroid dienone is 4. The van der Waals surface area contributed by atoms with E-state index >= 15 is 0 Å². The zero-order valence-corrected chi connectivity index (χ0v) is 34.6. The first-order chi connectivity index (χ1) is 25.3. The van der Waals surface area contributed by atoms with Crippen molar-refractivity contribution < 1.29 is 37.9 Å². The predicted octanol–water partition coefficient (Wildman–Crippen LogP) is 13.2. The number of esters is 2. The number of unbranched alkanes of at least 4 members (excludes halogenated alkanes) is 26. The predicted molar refractivity (Wildman–Crippen MR) is 216 cm³/mol. The standard InChI is InChI=1S/C43H81O8P/c1-3-5-7-9-11-13-15-16-17-18-19-20-21-22-23-24-25-26-28-30-32-34-36-38-43(45)51-41(40-50-52(46,47)48)39-49-42(44)37-35-33-31-29-27-14-12-10-8-6-4-2/h10,12,18-19,41H,3-9,11,13-17,20-40H2,1-2H3,(H2,46,47,48)/b12-10-,19-18-. The molecule has 0 aromatic carbocycles. The minimum Gasteiger partial charge on any atom is -0.462 e. The zero-order chi connectivity index (χ0) is 38.2. The van der Waals surface area contributed by atoms with E-state index in [1.54, 1.807) is 0 Å². The molecule has 52 heavy (non-hydrogen) atoms. The molecule has 0 aromatic heterocycles. The number of rotatable bonds is 40. The zero-order valence-electron chi connectivity index (χ0n) is 33.7. The van der Waals surface area contributed by atoms with Crippen LogP contribution in [0.2, 0.25) is 0 Å². The van der Waals surface area contributed by atoms with E-state index in [2.05, 4.69) is 42.7 Å². The van der Waals surface area contributed by atoms with Crippen LogP contribution < -0.4 is 0 Å². The number of carbonyl (C=O) groups excluding carboxylic acids is 2. The highest BCUT2D eigenvalue weighted by atomic mass is 31.2. The Hall–Kier alpha value is -1.47. The average molecular weight is 757 g/mol. The third-order valence-corrected chi connectivity index (χ3v) is 9.93. The maximum atomic E-state index is 12.4. The summed E-state index contributed by atoms with van der Waals surface area (Å²) in [5, 5.41) is 0. The van der Waals surface area contributed by atoms with Crippen molar-refractivity contribution in [2.24, 2.45) is 0 Å². The first-order valence-corrected chi connectivity index (χ1v) is 23.2. The second-order valence-electron chi connectivity index (χ2n) is 14.7. The molecule has 0 fully saturated rings.